The largest absolute Gasteiger partial charge is 0.496 e. The summed E-state index contributed by atoms with van der Waals surface area (Å²) in [5.74, 6) is 0.867. The summed E-state index contributed by atoms with van der Waals surface area (Å²) in [6.45, 7) is 2.14. The van der Waals surface area contributed by atoms with Gasteiger partial charge in [-0.05, 0) is 30.8 Å². The number of nitrogens with one attached hydrogen (secondary N) is 1. The van der Waals surface area contributed by atoms with Gasteiger partial charge in [-0.3, -0.25) is 0 Å². The predicted molar refractivity (Wildman–Crippen MR) is 89.1 cm³/mol. The molecule has 1 unspecified atom stereocenters. The van der Waals surface area contributed by atoms with Crippen LogP contribution in [-0.2, 0) is 0 Å². The van der Waals surface area contributed by atoms with Crippen molar-refractivity contribution in [3.8, 4) is 16.3 Å². The third kappa shape index (κ3) is 2.52. The van der Waals surface area contributed by atoms with E-state index >= 15 is 0 Å². The smallest absolute Gasteiger partial charge is 0.129 e. The highest BCUT2D eigenvalue weighted by atomic mass is 32.1. The summed E-state index contributed by atoms with van der Waals surface area (Å²) in [5, 5.41) is 6.63. The van der Waals surface area contributed by atoms with E-state index in [2.05, 4.69) is 47.6 Å². The van der Waals surface area contributed by atoms with Crippen molar-refractivity contribution in [3.05, 3.63) is 47.5 Å². The van der Waals surface area contributed by atoms with Gasteiger partial charge in [0.2, 0.25) is 0 Å². The number of nitrogens with zero attached hydrogens (tertiary/aromatic N) is 1. The Bertz CT molecular complexity index is 766. The van der Waals surface area contributed by atoms with Gasteiger partial charge < -0.3 is 10.1 Å². The Labute approximate surface area is 128 Å². The molecule has 0 fully saturated rings. The molecule has 0 aliphatic heterocycles. The Hall–Kier alpha value is -1.91. The molecule has 108 valence electrons. The second kappa shape index (κ2) is 5.84. The molecule has 0 saturated carbocycles. The third-order valence-corrected chi connectivity index (χ3v) is 4.91. The lowest BCUT2D eigenvalue weighted by Crippen LogP contribution is -2.10. The average Bonchev–Trinajstić information content (AvgIpc) is 3.02. The van der Waals surface area contributed by atoms with Crippen LogP contribution < -0.4 is 10.1 Å². The molecule has 3 rings (SSSR count). The lowest BCUT2D eigenvalue weighted by Gasteiger charge is -2.10. The van der Waals surface area contributed by atoms with E-state index in [-0.39, 0.29) is 0 Å². The predicted octanol–water partition coefficient (Wildman–Crippen LogP) is 4.25. The van der Waals surface area contributed by atoms with Crippen LogP contribution in [0.2, 0.25) is 0 Å². The summed E-state index contributed by atoms with van der Waals surface area (Å²) in [6.07, 6.45) is 1.95. The molecule has 2 aromatic carbocycles. The maximum atomic E-state index is 5.55. The fourth-order valence-corrected chi connectivity index (χ4v) is 3.43. The first kappa shape index (κ1) is 14.0. The van der Waals surface area contributed by atoms with Crippen LogP contribution in [-0.4, -0.2) is 19.1 Å². The van der Waals surface area contributed by atoms with Gasteiger partial charge in [0.05, 0.1) is 12.7 Å². The number of fused-ring (bicyclic) bond motifs is 1. The summed E-state index contributed by atoms with van der Waals surface area (Å²) >= 11 is 1.71. The molecular formula is C17H18N2OS. The molecule has 0 aliphatic rings. The van der Waals surface area contributed by atoms with Crippen molar-refractivity contribution in [1.29, 1.82) is 0 Å². The minimum Gasteiger partial charge on any atom is -0.496 e. The van der Waals surface area contributed by atoms with Gasteiger partial charge in [0, 0.05) is 17.1 Å². The molecule has 0 spiro atoms. The van der Waals surface area contributed by atoms with Crippen LogP contribution in [0.15, 0.2) is 42.6 Å². The van der Waals surface area contributed by atoms with Crippen molar-refractivity contribution < 1.29 is 4.74 Å². The normalized spacial score (nSPS) is 12.5. The maximum Gasteiger partial charge on any atom is 0.129 e. The molecule has 3 nitrogen and oxygen atoms in total. The number of aromatic nitrogens is 1. The number of hydrogen-bond donors (Lipinski definition) is 1. The quantitative estimate of drug-likeness (QED) is 0.782. The molecule has 21 heavy (non-hydrogen) atoms. The molecule has 0 aliphatic carbocycles. The van der Waals surface area contributed by atoms with Gasteiger partial charge in [-0.1, -0.05) is 30.3 Å². The van der Waals surface area contributed by atoms with E-state index in [0.717, 1.165) is 16.3 Å². The van der Waals surface area contributed by atoms with E-state index < -0.39 is 0 Å². The molecule has 1 heterocycles. The van der Waals surface area contributed by atoms with Crippen molar-refractivity contribution in [3.63, 3.8) is 0 Å². The maximum absolute atomic E-state index is 5.55. The van der Waals surface area contributed by atoms with Gasteiger partial charge in [0.25, 0.3) is 0 Å². The topological polar surface area (TPSA) is 34.2 Å². The van der Waals surface area contributed by atoms with Gasteiger partial charge in [-0.25, -0.2) is 4.98 Å². The summed E-state index contributed by atoms with van der Waals surface area (Å²) in [4.78, 5) is 5.84. The molecule has 0 radical (unpaired) electrons. The Kier molecular flexibility index (Phi) is 3.90. The van der Waals surface area contributed by atoms with E-state index in [9.17, 15) is 0 Å². The van der Waals surface area contributed by atoms with Crippen molar-refractivity contribution in [2.45, 2.75) is 13.0 Å². The molecule has 0 bridgehead atoms. The van der Waals surface area contributed by atoms with Crippen LogP contribution in [0.3, 0.4) is 0 Å². The van der Waals surface area contributed by atoms with E-state index in [0.29, 0.717) is 6.04 Å². The zero-order chi connectivity index (χ0) is 14.8. The lowest BCUT2D eigenvalue weighted by atomic mass is 10.0. The average molecular weight is 298 g/mol. The number of benzene rings is 2. The summed E-state index contributed by atoms with van der Waals surface area (Å²) in [7, 11) is 3.67. The molecular weight excluding hydrogens is 280 g/mol. The van der Waals surface area contributed by atoms with Crippen molar-refractivity contribution >= 4 is 22.1 Å². The first-order valence-electron chi connectivity index (χ1n) is 6.93. The van der Waals surface area contributed by atoms with Crippen LogP contribution >= 0.6 is 11.3 Å². The number of thiazole rings is 1. The second-order valence-electron chi connectivity index (χ2n) is 4.94. The van der Waals surface area contributed by atoms with E-state index in [4.69, 9.17) is 4.74 Å². The fraction of sp³-hybridized carbons (Fsp3) is 0.235. The van der Waals surface area contributed by atoms with Gasteiger partial charge in [-0.15, -0.1) is 11.3 Å². The number of hydrogen-bond acceptors (Lipinski definition) is 4. The van der Waals surface area contributed by atoms with Gasteiger partial charge in [0.15, 0.2) is 0 Å². The molecule has 1 aromatic heterocycles. The van der Waals surface area contributed by atoms with E-state index in [1.54, 1.807) is 18.4 Å². The molecule has 3 aromatic rings. The fourth-order valence-electron chi connectivity index (χ4n) is 2.39. The van der Waals surface area contributed by atoms with E-state index in [1.165, 1.54) is 15.6 Å². The zero-order valence-electron chi connectivity index (χ0n) is 12.4. The Morgan fingerprint density at radius 1 is 1.19 bits per heavy atom. The third-order valence-electron chi connectivity index (χ3n) is 3.71. The molecule has 4 heteroatoms. The Balaban J connectivity index is 2.20. The van der Waals surface area contributed by atoms with Gasteiger partial charge in [0.1, 0.15) is 10.8 Å². The Morgan fingerprint density at radius 2 is 2.00 bits per heavy atom. The minimum atomic E-state index is 0.303. The molecule has 0 amide bonds. The highest BCUT2D eigenvalue weighted by molar-refractivity contribution is 7.15. The second-order valence-corrected chi connectivity index (χ2v) is 6.00. The van der Waals surface area contributed by atoms with Gasteiger partial charge in [-0.2, -0.15) is 0 Å². The highest BCUT2D eigenvalue weighted by Gasteiger charge is 2.15. The first-order chi connectivity index (χ1) is 10.2. The van der Waals surface area contributed by atoms with Crippen molar-refractivity contribution in [2.75, 3.05) is 14.2 Å². The van der Waals surface area contributed by atoms with Crippen LogP contribution in [0, 0.1) is 0 Å². The van der Waals surface area contributed by atoms with Gasteiger partial charge >= 0.3 is 0 Å². The molecule has 1 atom stereocenters. The van der Waals surface area contributed by atoms with Crippen LogP contribution in [0.5, 0.6) is 5.75 Å². The minimum absolute atomic E-state index is 0.303. The highest BCUT2D eigenvalue weighted by Crippen LogP contribution is 2.39. The lowest BCUT2D eigenvalue weighted by molar-refractivity contribution is 0.417. The zero-order valence-corrected chi connectivity index (χ0v) is 13.2. The molecule has 1 N–H and O–H groups in total. The summed E-state index contributed by atoms with van der Waals surface area (Å²) in [5.41, 5.74) is 1.08. The Morgan fingerprint density at radius 3 is 2.76 bits per heavy atom. The van der Waals surface area contributed by atoms with Crippen LogP contribution in [0.4, 0.5) is 0 Å². The molecule has 0 saturated heterocycles. The first-order valence-corrected chi connectivity index (χ1v) is 7.75. The monoisotopic (exact) mass is 298 g/mol. The number of ether oxygens (including phenoxy) is 1. The number of rotatable bonds is 4. The van der Waals surface area contributed by atoms with Crippen LogP contribution in [0.1, 0.15) is 17.8 Å². The van der Waals surface area contributed by atoms with E-state index in [1.807, 2.05) is 19.3 Å². The summed E-state index contributed by atoms with van der Waals surface area (Å²) < 4.78 is 5.55. The number of methoxy groups -OCH3 is 1. The van der Waals surface area contributed by atoms with Crippen molar-refractivity contribution in [2.24, 2.45) is 0 Å². The summed E-state index contributed by atoms with van der Waals surface area (Å²) in [6, 6.07) is 12.7. The standard InChI is InChI=1S/C17H18N2OS/c1-11(18-2)15-10-19-17(21-15)16-13-7-5-4-6-12(13)8-9-14(16)20-3/h4-11,18H,1-3H3. The van der Waals surface area contributed by atoms with Crippen molar-refractivity contribution in [1.82, 2.24) is 10.3 Å². The SMILES string of the molecule is CNC(C)c1cnc(-c2c(OC)ccc3ccccc23)s1. The van der Waals surface area contributed by atoms with Crippen LogP contribution in [0.25, 0.3) is 21.3 Å².